The molecule has 2 aromatic carbocycles. The van der Waals surface area contributed by atoms with Crippen molar-refractivity contribution in [2.24, 2.45) is 0 Å². The second kappa shape index (κ2) is 8.95. The van der Waals surface area contributed by atoms with Crippen LogP contribution in [-0.4, -0.2) is 27.1 Å². The summed E-state index contributed by atoms with van der Waals surface area (Å²) >= 11 is 12.0. The zero-order valence-electron chi connectivity index (χ0n) is 15.4. The molecule has 1 atom stereocenters. The highest BCUT2D eigenvalue weighted by atomic mass is 35.5. The summed E-state index contributed by atoms with van der Waals surface area (Å²) in [4.78, 5) is 12.6. The molecule has 0 radical (unpaired) electrons. The van der Waals surface area contributed by atoms with Crippen molar-refractivity contribution in [3.05, 3.63) is 63.6 Å². The first-order valence-corrected chi connectivity index (χ1v) is 11.0. The third kappa shape index (κ3) is 5.86. The van der Waals surface area contributed by atoms with E-state index >= 15 is 0 Å². The van der Waals surface area contributed by atoms with E-state index in [9.17, 15) is 13.2 Å². The first kappa shape index (κ1) is 21.5. The van der Waals surface area contributed by atoms with E-state index in [1.54, 1.807) is 0 Å². The summed E-state index contributed by atoms with van der Waals surface area (Å²) in [5, 5.41) is 3.43. The molecule has 27 heavy (non-hydrogen) atoms. The zero-order chi connectivity index (χ0) is 20.2. The van der Waals surface area contributed by atoms with Gasteiger partial charge in [-0.1, -0.05) is 60.0 Å². The number of hydrogen-bond donors (Lipinski definition) is 1. The van der Waals surface area contributed by atoms with E-state index in [0.29, 0.717) is 11.4 Å². The average molecular weight is 429 g/mol. The third-order valence-corrected chi connectivity index (χ3v) is 5.75. The first-order valence-electron chi connectivity index (χ1n) is 8.40. The van der Waals surface area contributed by atoms with Crippen LogP contribution in [0.4, 0.5) is 5.69 Å². The molecule has 2 aromatic rings. The highest BCUT2D eigenvalue weighted by Gasteiger charge is 2.24. The van der Waals surface area contributed by atoms with Crippen LogP contribution in [0.1, 0.15) is 30.5 Å². The molecule has 0 saturated carbocycles. The summed E-state index contributed by atoms with van der Waals surface area (Å²) in [6, 6.07) is 12.1. The molecule has 0 aromatic heterocycles. The van der Waals surface area contributed by atoms with Crippen LogP contribution in [0.15, 0.2) is 42.5 Å². The third-order valence-electron chi connectivity index (χ3n) is 4.09. The average Bonchev–Trinajstić information content (AvgIpc) is 2.58. The Balaban J connectivity index is 2.22. The molecule has 0 fully saturated rings. The second-order valence-electron chi connectivity index (χ2n) is 6.30. The summed E-state index contributed by atoms with van der Waals surface area (Å²) in [5.41, 5.74) is 2.30. The Kier molecular flexibility index (Phi) is 7.14. The van der Waals surface area contributed by atoms with E-state index in [1.165, 1.54) is 18.2 Å². The molecule has 146 valence electrons. The normalized spacial score (nSPS) is 12.5. The van der Waals surface area contributed by atoms with E-state index in [0.717, 1.165) is 21.7 Å². The molecule has 0 unspecified atom stereocenters. The van der Waals surface area contributed by atoms with Crippen molar-refractivity contribution in [3.63, 3.8) is 0 Å². The maximum absolute atomic E-state index is 12.6. The fourth-order valence-corrected chi connectivity index (χ4v) is 4.08. The molecular formula is C19H22Cl2N2O3S. The molecule has 0 aliphatic carbocycles. The van der Waals surface area contributed by atoms with Gasteiger partial charge in [-0.3, -0.25) is 9.10 Å². The van der Waals surface area contributed by atoms with E-state index < -0.39 is 15.9 Å². The maximum Gasteiger partial charge on any atom is 0.241 e. The van der Waals surface area contributed by atoms with E-state index in [1.807, 2.05) is 38.1 Å². The lowest BCUT2D eigenvalue weighted by Crippen LogP contribution is -2.41. The molecule has 0 aliphatic rings. The zero-order valence-corrected chi connectivity index (χ0v) is 17.7. The van der Waals surface area contributed by atoms with Crippen molar-refractivity contribution in [1.82, 2.24) is 5.32 Å². The largest absolute Gasteiger partial charge is 0.348 e. The van der Waals surface area contributed by atoms with Crippen LogP contribution in [0, 0.1) is 6.92 Å². The number of nitrogens with one attached hydrogen (secondary N) is 1. The van der Waals surface area contributed by atoms with E-state index in [-0.39, 0.29) is 23.3 Å². The van der Waals surface area contributed by atoms with Gasteiger partial charge >= 0.3 is 0 Å². The first-order chi connectivity index (χ1) is 12.6. The smallest absolute Gasteiger partial charge is 0.241 e. The predicted octanol–water partition coefficient (Wildman–Crippen LogP) is 4.34. The highest BCUT2D eigenvalue weighted by Crippen LogP contribution is 2.30. The highest BCUT2D eigenvalue weighted by molar-refractivity contribution is 7.92. The van der Waals surface area contributed by atoms with Gasteiger partial charge in [0.15, 0.2) is 0 Å². The number of amides is 1. The maximum atomic E-state index is 12.6. The van der Waals surface area contributed by atoms with Gasteiger partial charge in [0.05, 0.1) is 23.0 Å². The Morgan fingerprint density at radius 2 is 1.78 bits per heavy atom. The SMILES string of the molecule is CC[C@H](NC(=O)CN(c1ccc(Cl)cc1Cl)S(C)(=O)=O)c1ccc(C)cc1. The number of carbonyl (C=O) groups excluding carboxylic acids is 1. The standard InChI is InChI=1S/C19H22Cl2N2O3S/c1-4-17(14-7-5-13(2)6-8-14)22-19(24)12-23(27(3,25)26)18-10-9-15(20)11-16(18)21/h5-11,17H,4,12H2,1-3H3,(H,22,24)/t17-/m0/s1. The molecule has 1 amide bonds. The Labute approximate surface area is 170 Å². The van der Waals surface area contributed by atoms with Gasteiger partial charge in [0.1, 0.15) is 6.54 Å². The molecule has 0 aliphatic heterocycles. The van der Waals surface area contributed by atoms with Crippen LogP contribution in [0.5, 0.6) is 0 Å². The Morgan fingerprint density at radius 1 is 1.15 bits per heavy atom. The van der Waals surface area contributed by atoms with Crippen molar-refractivity contribution >= 4 is 44.8 Å². The van der Waals surface area contributed by atoms with Crippen molar-refractivity contribution in [2.75, 3.05) is 17.1 Å². The summed E-state index contributed by atoms with van der Waals surface area (Å²) in [6.07, 6.45) is 1.71. The Bertz CT molecular complexity index is 915. The lowest BCUT2D eigenvalue weighted by Gasteiger charge is -2.25. The summed E-state index contributed by atoms with van der Waals surface area (Å²) < 4.78 is 25.4. The second-order valence-corrected chi connectivity index (χ2v) is 9.05. The molecule has 0 heterocycles. The van der Waals surface area contributed by atoms with Gasteiger partial charge < -0.3 is 5.32 Å². The summed E-state index contributed by atoms with van der Waals surface area (Å²) in [7, 11) is -3.72. The minimum atomic E-state index is -3.72. The quantitative estimate of drug-likeness (QED) is 0.712. The van der Waals surface area contributed by atoms with Gasteiger partial charge in [-0.2, -0.15) is 0 Å². The minimum absolute atomic E-state index is 0.159. The molecule has 1 N–H and O–H groups in total. The van der Waals surface area contributed by atoms with Crippen LogP contribution >= 0.6 is 23.2 Å². The van der Waals surface area contributed by atoms with E-state index in [2.05, 4.69) is 5.32 Å². The van der Waals surface area contributed by atoms with Gasteiger partial charge in [0, 0.05) is 5.02 Å². The number of hydrogen-bond acceptors (Lipinski definition) is 3. The monoisotopic (exact) mass is 428 g/mol. The van der Waals surface area contributed by atoms with Crippen molar-refractivity contribution in [1.29, 1.82) is 0 Å². The molecule has 0 bridgehead atoms. The molecule has 0 saturated heterocycles. The van der Waals surface area contributed by atoms with Crippen LogP contribution < -0.4 is 9.62 Å². The van der Waals surface area contributed by atoms with Gasteiger partial charge in [-0.25, -0.2) is 8.42 Å². The topological polar surface area (TPSA) is 66.5 Å². The minimum Gasteiger partial charge on any atom is -0.348 e. The fraction of sp³-hybridized carbons (Fsp3) is 0.316. The number of carbonyl (C=O) groups is 1. The Hall–Kier alpha value is -1.76. The number of rotatable bonds is 7. The van der Waals surface area contributed by atoms with Crippen LogP contribution in [0.3, 0.4) is 0 Å². The van der Waals surface area contributed by atoms with Gasteiger partial charge in [-0.05, 0) is 37.1 Å². The fourth-order valence-electron chi connectivity index (χ4n) is 2.65. The van der Waals surface area contributed by atoms with Crippen molar-refractivity contribution in [2.45, 2.75) is 26.3 Å². The number of aryl methyl sites for hydroxylation is 1. The van der Waals surface area contributed by atoms with Crippen LogP contribution in [0.2, 0.25) is 10.0 Å². The molecule has 8 heteroatoms. The number of benzene rings is 2. The molecule has 0 spiro atoms. The summed E-state index contributed by atoms with van der Waals surface area (Å²) in [5.74, 6) is -0.418. The van der Waals surface area contributed by atoms with Gasteiger partial charge in [-0.15, -0.1) is 0 Å². The number of sulfonamides is 1. The van der Waals surface area contributed by atoms with E-state index in [4.69, 9.17) is 23.2 Å². The van der Waals surface area contributed by atoms with Crippen molar-refractivity contribution in [3.8, 4) is 0 Å². The van der Waals surface area contributed by atoms with Gasteiger partial charge in [0.25, 0.3) is 0 Å². The lowest BCUT2D eigenvalue weighted by atomic mass is 10.0. The molecule has 2 rings (SSSR count). The Morgan fingerprint density at radius 3 is 2.30 bits per heavy atom. The van der Waals surface area contributed by atoms with Gasteiger partial charge in [0.2, 0.25) is 15.9 Å². The number of nitrogens with zero attached hydrogens (tertiary/aromatic N) is 1. The number of anilines is 1. The number of halogens is 2. The van der Waals surface area contributed by atoms with Crippen LogP contribution in [0.25, 0.3) is 0 Å². The molecule has 5 nitrogen and oxygen atoms in total. The van der Waals surface area contributed by atoms with Crippen LogP contribution in [-0.2, 0) is 14.8 Å². The predicted molar refractivity (Wildman–Crippen MR) is 111 cm³/mol. The van der Waals surface area contributed by atoms with Crippen molar-refractivity contribution < 1.29 is 13.2 Å². The summed E-state index contributed by atoms with van der Waals surface area (Å²) in [6.45, 7) is 3.57. The molecular weight excluding hydrogens is 407 g/mol. The lowest BCUT2D eigenvalue weighted by molar-refractivity contribution is -0.120.